The molecule has 4 nitrogen and oxygen atoms in total. The average molecular weight is 366 g/mol. The maximum atomic E-state index is 4.97. The van der Waals surface area contributed by atoms with Gasteiger partial charge in [-0.15, -0.1) is 0 Å². The summed E-state index contributed by atoms with van der Waals surface area (Å²) in [5, 5.41) is 0. The molecule has 3 heterocycles. The molecule has 0 aliphatic heterocycles. The summed E-state index contributed by atoms with van der Waals surface area (Å²) in [5.74, 6) is 1.01. The van der Waals surface area contributed by atoms with Gasteiger partial charge in [0.2, 0.25) is 0 Å². The molecular formula is C24H22N4. The first-order valence-electron chi connectivity index (χ1n) is 9.56. The van der Waals surface area contributed by atoms with E-state index in [1.54, 1.807) is 0 Å². The van der Waals surface area contributed by atoms with Crippen LogP contribution in [-0.4, -0.2) is 18.9 Å². The smallest absolute Gasteiger partial charge is 0.137 e. The van der Waals surface area contributed by atoms with Crippen molar-refractivity contribution >= 4 is 16.7 Å². The van der Waals surface area contributed by atoms with Gasteiger partial charge >= 0.3 is 0 Å². The van der Waals surface area contributed by atoms with Crippen molar-refractivity contribution in [1.29, 1.82) is 0 Å². The zero-order valence-corrected chi connectivity index (χ0v) is 16.3. The van der Waals surface area contributed by atoms with E-state index in [9.17, 15) is 0 Å². The van der Waals surface area contributed by atoms with E-state index in [1.165, 1.54) is 16.8 Å². The average Bonchev–Trinajstić information content (AvgIpc) is 3.20. The minimum absolute atomic E-state index is 0.722. The Bertz CT molecular complexity index is 1310. The van der Waals surface area contributed by atoms with Crippen molar-refractivity contribution in [3.05, 3.63) is 89.5 Å². The van der Waals surface area contributed by atoms with Crippen LogP contribution in [0.15, 0.2) is 66.9 Å². The van der Waals surface area contributed by atoms with Gasteiger partial charge in [-0.2, -0.15) is 0 Å². The van der Waals surface area contributed by atoms with Gasteiger partial charge in [-0.25, -0.2) is 9.97 Å². The van der Waals surface area contributed by atoms with Gasteiger partial charge in [0.1, 0.15) is 11.5 Å². The number of fused-ring (bicyclic) bond motifs is 2. The highest BCUT2D eigenvalue weighted by Gasteiger charge is 2.17. The van der Waals surface area contributed by atoms with Crippen LogP contribution in [0, 0.1) is 20.8 Å². The molecule has 28 heavy (non-hydrogen) atoms. The lowest BCUT2D eigenvalue weighted by molar-refractivity contribution is 0.758. The third-order valence-electron chi connectivity index (χ3n) is 5.34. The first-order chi connectivity index (χ1) is 13.6. The summed E-state index contributed by atoms with van der Waals surface area (Å²) in [6.45, 7) is 7.02. The number of hydrogen-bond donors (Lipinski definition) is 0. The second kappa shape index (κ2) is 6.34. The Balaban J connectivity index is 1.75. The summed E-state index contributed by atoms with van der Waals surface area (Å²) in [6.07, 6.45) is 2.17. The van der Waals surface area contributed by atoms with Crippen LogP contribution in [0.25, 0.3) is 27.9 Å². The summed E-state index contributed by atoms with van der Waals surface area (Å²) in [4.78, 5) is 9.71. The third-order valence-corrected chi connectivity index (χ3v) is 5.34. The Morgan fingerprint density at radius 2 is 1.54 bits per heavy atom. The normalized spacial score (nSPS) is 11.5. The molecule has 0 saturated heterocycles. The number of hydrogen-bond acceptors (Lipinski definition) is 2. The molecule has 0 spiro atoms. The Morgan fingerprint density at radius 1 is 0.786 bits per heavy atom. The molecule has 0 aliphatic rings. The van der Waals surface area contributed by atoms with Gasteiger partial charge in [0.15, 0.2) is 0 Å². The highest BCUT2D eigenvalue weighted by atomic mass is 15.1. The van der Waals surface area contributed by atoms with E-state index in [0.29, 0.717) is 0 Å². The fourth-order valence-corrected chi connectivity index (χ4v) is 3.84. The van der Waals surface area contributed by atoms with Gasteiger partial charge < -0.3 is 8.97 Å². The molecule has 0 aliphatic carbocycles. The highest BCUT2D eigenvalue weighted by molar-refractivity contribution is 5.76. The van der Waals surface area contributed by atoms with E-state index in [1.807, 2.05) is 6.07 Å². The van der Waals surface area contributed by atoms with Crippen LogP contribution < -0.4 is 0 Å². The molecule has 0 atom stereocenters. The number of pyridine rings is 1. The predicted octanol–water partition coefficient (Wildman–Crippen LogP) is 5.32. The van der Waals surface area contributed by atoms with E-state index in [4.69, 9.17) is 9.97 Å². The lowest BCUT2D eigenvalue weighted by Gasteiger charge is -2.10. The molecule has 5 aromatic rings. The summed E-state index contributed by atoms with van der Waals surface area (Å²) >= 11 is 0. The topological polar surface area (TPSA) is 35.1 Å². The van der Waals surface area contributed by atoms with Crippen LogP contribution in [0.1, 0.15) is 22.6 Å². The summed E-state index contributed by atoms with van der Waals surface area (Å²) in [7, 11) is 0. The maximum absolute atomic E-state index is 4.97. The lowest BCUT2D eigenvalue weighted by atomic mass is 10.1. The van der Waals surface area contributed by atoms with E-state index >= 15 is 0 Å². The number of para-hydroxylation sites is 2. The Hall–Kier alpha value is -3.40. The van der Waals surface area contributed by atoms with E-state index in [0.717, 1.165) is 40.3 Å². The number of imidazole rings is 2. The van der Waals surface area contributed by atoms with Gasteiger partial charge in [0.25, 0.3) is 0 Å². The second-order valence-corrected chi connectivity index (χ2v) is 7.44. The predicted molar refractivity (Wildman–Crippen MR) is 114 cm³/mol. The molecule has 0 bridgehead atoms. The quantitative estimate of drug-likeness (QED) is 0.433. The van der Waals surface area contributed by atoms with E-state index in [2.05, 4.69) is 90.5 Å². The zero-order valence-electron chi connectivity index (χ0n) is 16.3. The standard InChI is InChI=1S/C24H22N4/c1-16-8-11-19(12-9-16)24-22(28-14-17(2)10-13-23(28)26-24)15-27-18(3)25-20-6-4-5-7-21(20)27/h4-14H,15H2,1-3H3. The first kappa shape index (κ1) is 16.8. The minimum Gasteiger partial charge on any atom is -0.322 e. The number of benzene rings is 2. The number of rotatable bonds is 3. The maximum Gasteiger partial charge on any atom is 0.137 e. The first-order valence-corrected chi connectivity index (χ1v) is 9.56. The molecule has 0 saturated carbocycles. The Kier molecular flexibility index (Phi) is 3.79. The van der Waals surface area contributed by atoms with Crippen molar-refractivity contribution in [3.8, 4) is 11.3 Å². The molecule has 2 aromatic carbocycles. The molecule has 0 radical (unpaired) electrons. The number of nitrogens with zero attached hydrogens (tertiary/aromatic N) is 4. The van der Waals surface area contributed by atoms with Crippen molar-refractivity contribution in [2.45, 2.75) is 27.3 Å². The van der Waals surface area contributed by atoms with E-state index in [-0.39, 0.29) is 0 Å². The zero-order chi connectivity index (χ0) is 19.3. The van der Waals surface area contributed by atoms with Gasteiger partial charge in [-0.05, 0) is 44.5 Å². The molecule has 0 fully saturated rings. The summed E-state index contributed by atoms with van der Waals surface area (Å²) in [5.41, 5.74) is 8.97. The van der Waals surface area contributed by atoms with Crippen LogP contribution in [0.3, 0.4) is 0 Å². The van der Waals surface area contributed by atoms with E-state index < -0.39 is 0 Å². The molecule has 0 amide bonds. The van der Waals surface area contributed by atoms with Crippen LogP contribution in [0.5, 0.6) is 0 Å². The van der Waals surface area contributed by atoms with Crippen LogP contribution >= 0.6 is 0 Å². The van der Waals surface area contributed by atoms with Gasteiger partial charge in [-0.1, -0.05) is 48.0 Å². The molecule has 5 rings (SSSR count). The van der Waals surface area contributed by atoms with Crippen molar-refractivity contribution in [1.82, 2.24) is 18.9 Å². The van der Waals surface area contributed by atoms with Gasteiger partial charge in [0.05, 0.1) is 29.0 Å². The fraction of sp³-hybridized carbons (Fsp3) is 0.167. The van der Waals surface area contributed by atoms with Crippen molar-refractivity contribution in [2.75, 3.05) is 0 Å². The van der Waals surface area contributed by atoms with Crippen LogP contribution in [0.4, 0.5) is 0 Å². The Labute approximate surface area is 164 Å². The van der Waals surface area contributed by atoms with Crippen LogP contribution in [-0.2, 0) is 6.54 Å². The van der Waals surface area contributed by atoms with Crippen molar-refractivity contribution in [2.24, 2.45) is 0 Å². The largest absolute Gasteiger partial charge is 0.322 e. The van der Waals surface area contributed by atoms with Gasteiger partial charge in [0, 0.05) is 11.8 Å². The molecule has 3 aromatic heterocycles. The van der Waals surface area contributed by atoms with Crippen LogP contribution in [0.2, 0.25) is 0 Å². The highest BCUT2D eigenvalue weighted by Crippen LogP contribution is 2.28. The molecule has 4 heteroatoms. The molecule has 0 unspecified atom stereocenters. The lowest BCUT2D eigenvalue weighted by Crippen LogP contribution is -2.06. The second-order valence-electron chi connectivity index (χ2n) is 7.44. The fourth-order valence-electron chi connectivity index (χ4n) is 3.84. The number of aromatic nitrogens is 4. The SMILES string of the molecule is Cc1ccc(-c2nc3ccc(C)cn3c2Cn2c(C)nc3ccccc32)cc1. The molecule has 138 valence electrons. The third kappa shape index (κ3) is 2.69. The molecule has 0 N–H and O–H groups in total. The van der Waals surface area contributed by atoms with Crippen molar-refractivity contribution < 1.29 is 0 Å². The monoisotopic (exact) mass is 366 g/mol. The van der Waals surface area contributed by atoms with Crippen molar-refractivity contribution in [3.63, 3.8) is 0 Å². The molecular weight excluding hydrogens is 344 g/mol. The number of aryl methyl sites for hydroxylation is 3. The minimum atomic E-state index is 0.722. The van der Waals surface area contributed by atoms with Gasteiger partial charge in [-0.3, -0.25) is 0 Å². The summed E-state index contributed by atoms with van der Waals surface area (Å²) in [6, 6.07) is 21.1. The summed E-state index contributed by atoms with van der Waals surface area (Å²) < 4.78 is 4.50. The Morgan fingerprint density at radius 3 is 2.36 bits per heavy atom.